The number of fused-ring (bicyclic) bond motifs is 9. The highest BCUT2D eigenvalue weighted by molar-refractivity contribution is 7.26. The van der Waals surface area contributed by atoms with Crippen molar-refractivity contribution in [2.24, 2.45) is 0 Å². The normalized spacial score (nSPS) is 13.8. The van der Waals surface area contributed by atoms with Gasteiger partial charge in [0.1, 0.15) is 0 Å². The van der Waals surface area contributed by atoms with Gasteiger partial charge < -0.3 is 4.90 Å². The number of rotatable bonds is 7. The van der Waals surface area contributed by atoms with E-state index in [1.807, 2.05) is 11.3 Å². The van der Waals surface area contributed by atoms with Crippen LogP contribution in [0.15, 0.2) is 237 Å². The molecular formula is C64H45NS. The summed E-state index contributed by atoms with van der Waals surface area (Å²) in [6.45, 7) is 4.75. The van der Waals surface area contributed by atoms with E-state index in [0.29, 0.717) is 0 Å². The molecule has 312 valence electrons. The van der Waals surface area contributed by atoms with Crippen LogP contribution in [-0.2, 0) is 10.8 Å². The van der Waals surface area contributed by atoms with Gasteiger partial charge in [0.2, 0.25) is 0 Å². The Hall–Kier alpha value is -7.78. The molecule has 1 aromatic heterocycles. The van der Waals surface area contributed by atoms with Crippen LogP contribution in [0.2, 0.25) is 0 Å². The lowest BCUT2D eigenvalue weighted by Gasteiger charge is -2.35. The van der Waals surface area contributed by atoms with Crippen molar-refractivity contribution in [3.8, 4) is 44.5 Å². The quantitative estimate of drug-likeness (QED) is 0.154. The molecule has 0 bridgehead atoms. The third-order valence-corrected chi connectivity index (χ3v) is 15.8. The van der Waals surface area contributed by atoms with Crippen LogP contribution in [0.4, 0.5) is 17.1 Å². The maximum absolute atomic E-state index is 2.50. The van der Waals surface area contributed by atoms with Crippen LogP contribution >= 0.6 is 11.3 Å². The molecular weight excluding hydrogens is 815 g/mol. The molecule has 0 saturated heterocycles. The predicted octanol–water partition coefficient (Wildman–Crippen LogP) is 17.5. The molecule has 1 nitrogen and oxygen atoms in total. The van der Waals surface area contributed by atoms with Gasteiger partial charge in [-0.2, -0.15) is 0 Å². The Morgan fingerprint density at radius 3 is 1.61 bits per heavy atom. The summed E-state index contributed by atoms with van der Waals surface area (Å²) in [6, 6.07) is 88.3. The van der Waals surface area contributed by atoms with E-state index in [1.54, 1.807) is 0 Å². The summed E-state index contributed by atoms with van der Waals surface area (Å²) < 4.78 is 2.65. The number of nitrogens with zero attached hydrogens (tertiary/aromatic N) is 1. The molecule has 0 amide bonds. The SMILES string of the molecule is CC1(C)c2ccccc2-c2ccc(N(c3ccc(-c4cccc5c4sc4ccccc45)cc3)c3ccc4c(c3)C(c3ccccc3)(c3ccccc3)c3cccc(-c5ccccc5)c3-4)cc21. The Morgan fingerprint density at radius 2 is 0.864 bits per heavy atom. The highest BCUT2D eigenvalue weighted by atomic mass is 32.1. The molecule has 0 N–H and O–H groups in total. The summed E-state index contributed by atoms with van der Waals surface area (Å²) in [5.74, 6) is 0. The zero-order valence-electron chi connectivity index (χ0n) is 36.9. The predicted molar refractivity (Wildman–Crippen MR) is 280 cm³/mol. The van der Waals surface area contributed by atoms with Gasteiger partial charge in [0, 0.05) is 42.6 Å². The lowest BCUT2D eigenvalue weighted by atomic mass is 9.67. The molecule has 2 heteroatoms. The Morgan fingerprint density at radius 1 is 0.348 bits per heavy atom. The number of thiophene rings is 1. The Bertz CT molecular complexity index is 3620. The van der Waals surface area contributed by atoms with E-state index < -0.39 is 5.41 Å². The van der Waals surface area contributed by atoms with Crippen molar-refractivity contribution in [2.75, 3.05) is 4.90 Å². The molecule has 10 aromatic carbocycles. The van der Waals surface area contributed by atoms with Crippen molar-refractivity contribution >= 4 is 48.6 Å². The Kier molecular flexibility index (Phi) is 8.72. The first-order valence-electron chi connectivity index (χ1n) is 23.0. The fourth-order valence-electron chi connectivity index (χ4n) is 11.6. The summed E-state index contributed by atoms with van der Waals surface area (Å²) in [5.41, 5.74) is 20.6. The number of benzene rings is 10. The van der Waals surface area contributed by atoms with Crippen LogP contribution in [0.25, 0.3) is 64.7 Å². The van der Waals surface area contributed by atoms with E-state index in [4.69, 9.17) is 0 Å². The lowest BCUT2D eigenvalue weighted by Crippen LogP contribution is -2.28. The zero-order valence-corrected chi connectivity index (χ0v) is 37.7. The molecule has 0 unspecified atom stereocenters. The summed E-state index contributed by atoms with van der Waals surface area (Å²) in [4.78, 5) is 2.49. The second-order valence-electron chi connectivity index (χ2n) is 18.4. The molecule has 0 spiro atoms. The molecule has 13 rings (SSSR count). The largest absolute Gasteiger partial charge is 0.310 e. The number of anilines is 3. The van der Waals surface area contributed by atoms with Gasteiger partial charge in [-0.05, 0) is 120 Å². The molecule has 11 aromatic rings. The van der Waals surface area contributed by atoms with Crippen LogP contribution in [0, 0.1) is 0 Å². The Balaban J connectivity index is 1.05. The molecule has 0 fully saturated rings. The maximum Gasteiger partial charge on any atom is 0.0714 e. The minimum atomic E-state index is -0.575. The summed E-state index contributed by atoms with van der Waals surface area (Å²) >= 11 is 1.88. The molecule has 0 atom stereocenters. The van der Waals surface area contributed by atoms with Crippen LogP contribution in [-0.4, -0.2) is 0 Å². The van der Waals surface area contributed by atoms with Gasteiger partial charge in [0.05, 0.1) is 5.41 Å². The molecule has 1 heterocycles. The van der Waals surface area contributed by atoms with Crippen LogP contribution in [0.5, 0.6) is 0 Å². The van der Waals surface area contributed by atoms with Gasteiger partial charge in [0.15, 0.2) is 0 Å². The topological polar surface area (TPSA) is 3.24 Å². The first kappa shape index (κ1) is 38.7. The monoisotopic (exact) mass is 859 g/mol. The minimum Gasteiger partial charge on any atom is -0.310 e. The van der Waals surface area contributed by atoms with Crippen molar-refractivity contribution in [1.82, 2.24) is 0 Å². The van der Waals surface area contributed by atoms with Crippen molar-refractivity contribution in [1.29, 1.82) is 0 Å². The standard InChI is InChI=1S/C64H45NS/c1-63(2)56-29-14-12-24-51(56)52-38-36-47(40-58(52)63)65(46-34-32-43(33-35-46)50-27-16-28-54-53-25-13-15-31-60(53)66-62(50)54)48-37-39-55-59(41-48)64(44-20-8-4-9-21-44,45-22-10-5-11-23-45)57-30-17-26-49(61(55)57)42-18-6-3-7-19-42/h3-41H,1-2H3. The second kappa shape index (κ2) is 14.9. The van der Waals surface area contributed by atoms with E-state index in [9.17, 15) is 0 Å². The maximum atomic E-state index is 2.50. The van der Waals surface area contributed by atoms with E-state index >= 15 is 0 Å². The average Bonchev–Trinajstić information content (AvgIpc) is 3.99. The molecule has 66 heavy (non-hydrogen) atoms. The third kappa shape index (κ3) is 5.65. The number of hydrogen-bond acceptors (Lipinski definition) is 2. The second-order valence-corrected chi connectivity index (χ2v) is 19.4. The van der Waals surface area contributed by atoms with Gasteiger partial charge in [-0.3, -0.25) is 0 Å². The summed E-state index contributed by atoms with van der Waals surface area (Å²) in [6.07, 6.45) is 0. The van der Waals surface area contributed by atoms with Gasteiger partial charge >= 0.3 is 0 Å². The van der Waals surface area contributed by atoms with Gasteiger partial charge in [-0.25, -0.2) is 0 Å². The van der Waals surface area contributed by atoms with E-state index in [0.717, 1.165) is 17.1 Å². The van der Waals surface area contributed by atoms with Crippen LogP contribution < -0.4 is 4.90 Å². The molecule has 0 aliphatic heterocycles. The smallest absolute Gasteiger partial charge is 0.0714 e. The molecule has 0 saturated carbocycles. The van der Waals surface area contributed by atoms with E-state index in [2.05, 4.69) is 255 Å². The van der Waals surface area contributed by atoms with Crippen LogP contribution in [0.3, 0.4) is 0 Å². The van der Waals surface area contributed by atoms with E-state index in [1.165, 1.54) is 98.1 Å². The summed E-state index contributed by atoms with van der Waals surface area (Å²) in [5, 5.41) is 2.64. The fraction of sp³-hybridized carbons (Fsp3) is 0.0625. The van der Waals surface area contributed by atoms with Crippen molar-refractivity contribution in [2.45, 2.75) is 24.7 Å². The molecule has 2 aliphatic carbocycles. The highest BCUT2D eigenvalue weighted by Gasteiger charge is 2.47. The molecule has 0 radical (unpaired) electrons. The van der Waals surface area contributed by atoms with E-state index in [-0.39, 0.29) is 5.41 Å². The zero-order chi connectivity index (χ0) is 44.0. The minimum absolute atomic E-state index is 0.149. The summed E-state index contributed by atoms with van der Waals surface area (Å²) in [7, 11) is 0. The van der Waals surface area contributed by atoms with Gasteiger partial charge in [0.25, 0.3) is 0 Å². The van der Waals surface area contributed by atoms with Crippen molar-refractivity contribution < 1.29 is 0 Å². The molecule has 2 aliphatic rings. The Labute approximate surface area is 390 Å². The van der Waals surface area contributed by atoms with Gasteiger partial charge in [-0.1, -0.05) is 208 Å². The number of hydrogen-bond donors (Lipinski definition) is 0. The van der Waals surface area contributed by atoms with Crippen molar-refractivity contribution in [3.63, 3.8) is 0 Å². The highest BCUT2D eigenvalue weighted by Crippen LogP contribution is 2.60. The van der Waals surface area contributed by atoms with Crippen molar-refractivity contribution in [3.05, 3.63) is 270 Å². The first-order chi connectivity index (χ1) is 32.5. The lowest BCUT2D eigenvalue weighted by molar-refractivity contribution is 0.660. The van der Waals surface area contributed by atoms with Gasteiger partial charge in [-0.15, -0.1) is 11.3 Å². The van der Waals surface area contributed by atoms with Crippen LogP contribution in [0.1, 0.15) is 47.2 Å². The average molecular weight is 860 g/mol. The first-order valence-corrected chi connectivity index (χ1v) is 23.8. The third-order valence-electron chi connectivity index (χ3n) is 14.6. The fourth-order valence-corrected chi connectivity index (χ4v) is 12.8.